The molecule has 3 aromatic rings. The molecule has 0 aromatic carbocycles. The Hall–Kier alpha value is -4.40. The smallest absolute Gasteiger partial charge is 0.227 e. The first-order chi connectivity index (χ1) is 20.7. The number of amides is 1. The second-order valence-electron chi connectivity index (χ2n) is 12.0. The summed E-state index contributed by atoms with van der Waals surface area (Å²) < 4.78 is 0. The Morgan fingerprint density at radius 3 is 2.67 bits per heavy atom. The van der Waals surface area contributed by atoms with Crippen molar-refractivity contribution < 1.29 is 4.79 Å². The second-order valence-corrected chi connectivity index (χ2v) is 12.0. The minimum atomic E-state index is 0.0980. The van der Waals surface area contributed by atoms with Crippen molar-refractivity contribution in [2.45, 2.75) is 57.4 Å². The first-order valence-electron chi connectivity index (χ1n) is 15.5. The van der Waals surface area contributed by atoms with Gasteiger partial charge < -0.3 is 26.2 Å². The van der Waals surface area contributed by atoms with Crippen molar-refractivity contribution in [1.29, 1.82) is 0 Å². The fourth-order valence-corrected chi connectivity index (χ4v) is 7.02. The molecule has 8 rings (SSSR count). The minimum Gasteiger partial charge on any atom is -0.372 e. The van der Waals surface area contributed by atoms with E-state index in [4.69, 9.17) is 9.97 Å². The number of nitrogens with zero attached hydrogens (tertiary/aromatic N) is 4. The number of carbonyl (C=O) groups is 1. The van der Waals surface area contributed by atoms with E-state index < -0.39 is 0 Å². The molecule has 1 aliphatic carbocycles. The Balaban J connectivity index is 1.08. The lowest BCUT2D eigenvalue weighted by Gasteiger charge is -2.31. The number of anilines is 4. The fraction of sp³-hybridized carbons (Fsp3) is 0.394. The fourth-order valence-electron chi connectivity index (χ4n) is 7.02. The highest BCUT2D eigenvalue weighted by molar-refractivity contribution is 5.95. The highest BCUT2D eigenvalue weighted by atomic mass is 16.1. The summed E-state index contributed by atoms with van der Waals surface area (Å²) in [5.41, 5.74) is 9.51. The summed E-state index contributed by atoms with van der Waals surface area (Å²) in [5, 5.41) is 14.0. The molecule has 4 aliphatic heterocycles. The summed E-state index contributed by atoms with van der Waals surface area (Å²) in [6, 6.07) is 6.46. The Morgan fingerprint density at radius 2 is 1.79 bits per heavy atom. The predicted molar refractivity (Wildman–Crippen MR) is 166 cm³/mol. The number of fused-ring (bicyclic) bond motifs is 4. The van der Waals surface area contributed by atoms with E-state index in [1.807, 2.05) is 24.7 Å². The molecule has 1 saturated carbocycles. The molecule has 1 amide bonds. The number of hydrogen-bond acceptors (Lipinski definition) is 8. The molecule has 9 heteroatoms. The van der Waals surface area contributed by atoms with Gasteiger partial charge in [0.15, 0.2) is 0 Å². The van der Waals surface area contributed by atoms with Gasteiger partial charge in [-0.15, -0.1) is 0 Å². The highest BCUT2D eigenvalue weighted by Gasteiger charge is 2.43. The molecule has 4 N–H and O–H groups in total. The molecule has 1 unspecified atom stereocenters. The van der Waals surface area contributed by atoms with Crippen molar-refractivity contribution in [1.82, 2.24) is 20.3 Å². The lowest BCUT2D eigenvalue weighted by atomic mass is 9.88. The van der Waals surface area contributed by atoms with Gasteiger partial charge in [0.25, 0.3) is 0 Å². The van der Waals surface area contributed by atoms with Crippen LogP contribution >= 0.6 is 0 Å². The van der Waals surface area contributed by atoms with Crippen molar-refractivity contribution in [2.24, 2.45) is 5.92 Å². The number of hydrogen-bond donors (Lipinski definition) is 4. The summed E-state index contributed by atoms with van der Waals surface area (Å²) >= 11 is 0. The molecule has 9 nitrogen and oxygen atoms in total. The largest absolute Gasteiger partial charge is 0.372 e. The topological polar surface area (TPSA) is 117 Å². The Morgan fingerprint density at radius 1 is 0.952 bits per heavy atom. The van der Waals surface area contributed by atoms with Gasteiger partial charge in [-0.05, 0) is 50.3 Å². The summed E-state index contributed by atoms with van der Waals surface area (Å²) in [7, 11) is 0. The van der Waals surface area contributed by atoms with Gasteiger partial charge in [-0.25, -0.2) is 9.97 Å². The summed E-state index contributed by atoms with van der Waals surface area (Å²) in [5.74, 6) is 2.18. The average Bonchev–Trinajstić information content (AvgIpc) is 3.86. The number of pyridine rings is 3. The first kappa shape index (κ1) is 25.3. The first-order valence-corrected chi connectivity index (χ1v) is 15.5. The zero-order chi connectivity index (χ0) is 28.0. The van der Waals surface area contributed by atoms with E-state index in [0.717, 1.165) is 89.7 Å². The van der Waals surface area contributed by atoms with Crippen LogP contribution in [-0.2, 0) is 4.79 Å². The summed E-state index contributed by atoms with van der Waals surface area (Å²) in [6.07, 6.45) is 18.8. The number of rotatable bonds is 5. The SMILES string of the molecule is O=C(Nc1cncc(-c2cnc3c(c2)C(C2=C4NC4c4c(ccnc4N4CCCCC4)N2)=CCN3)c1)C1CCCCC1. The normalized spacial score (nSPS) is 21.1. The van der Waals surface area contributed by atoms with Crippen LogP contribution < -0.4 is 26.2 Å². The zero-order valence-corrected chi connectivity index (χ0v) is 23.7. The third kappa shape index (κ3) is 4.57. The van der Waals surface area contributed by atoms with Crippen molar-refractivity contribution in [3.05, 3.63) is 71.6 Å². The lowest BCUT2D eigenvalue weighted by molar-refractivity contribution is -0.120. The zero-order valence-electron chi connectivity index (χ0n) is 23.7. The van der Waals surface area contributed by atoms with Gasteiger partial charge in [0, 0.05) is 77.7 Å². The molecular formula is C33H36N8O. The van der Waals surface area contributed by atoms with Crippen LogP contribution in [0.15, 0.2) is 60.5 Å². The van der Waals surface area contributed by atoms with Crippen molar-refractivity contribution >= 4 is 34.5 Å². The number of carbonyl (C=O) groups excluding carboxylic acids is 1. The predicted octanol–water partition coefficient (Wildman–Crippen LogP) is 5.84. The van der Waals surface area contributed by atoms with Crippen LogP contribution in [-0.4, -0.2) is 40.5 Å². The van der Waals surface area contributed by atoms with Crippen LogP contribution in [0, 0.1) is 5.92 Å². The maximum Gasteiger partial charge on any atom is 0.227 e. The van der Waals surface area contributed by atoms with Crippen LogP contribution in [0.2, 0.25) is 0 Å². The number of allylic oxidation sites excluding steroid dienone is 1. The average molecular weight is 561 g/mol. The van der Waals surface area contributed by atoms with Crippen LogP contribution in [0.25, 0.3) is 16.7 Å². The Kier molecular flexibility index (Phi) is 6.30. The van der Waals surface area contributed by atoms with Crippen molar-refractivity contribution in [3.8, 4) is 11.1 Å². The maximum absolute atomic E-state index is 12.9. The molecule has 0 spiro atoms. The number of nitrogens with one attached hydrogen (secondary N) is 4. The monoisotopic (exact) mass is 560 g/mol. The van der Waals surface area contributed by atoms with Gasteiger partial charge in [-0.2, -0.15) is 0 Å². The van der Waals surface area contributed by atoms with E-state index in [0.29, 0.717) is 6.54 Å². The third-order valence-corrected chi connectivity index (χ3v) is 9.29. The van der Waals surface area contributed by atoms with Crippen LogP contribution in [0.3, 0.4) is 0 Å². The molecule has 7 heterocycles. The molecule has 1 atom stereocenters. The van der Waals surface area contributed by atoms with Gasteiger partial charge in [-0.3, -0.25) is 9.78 Å². The van der Waals surface area contributed by atoms with E-state index in [1.54, 1.807) is 6.20 Å². The Labute approximate surface area is 245 Å². The standard InChI is InChI=1S/C33H36N8O/c42-33(20-7-3-1-4-8-20)38-23-15-21(17-34-19-23)22-16-25-24(9-11-35-31(25)37-18-22)28-30-29(40-30)27-26(39-28)10-12-36-32(27)41-13-5-2-6-14-41/h9-10,12,15-20,29,39-40H,1-8,11,13-14H2,(H,35,37)(H,38,42). The van der Waals surface area contributed by atoms with E-state index in [2.05, 4.69) is 49.4 Å². The van der Waals surface area contributed by atoms with E-state index in [-0.39, 0.29) is 17.9 Å². The van der Waals surface area contributed by atoms with Gasteiger partial charge in [-0.1, -0.05) is 25.3 Å². The second kappa shape index (κ2) is 10.5. The summed E-state index contributed by atoms with van der Waals surface area (Å²) in [6.45, 7) is 2.85. The summed E-state index contributed by atoms with van der Waals surface area (Å²) in [4.78, 5) is 29.4. The van der Waals surface area contributed by atoms with Gasteiger partial charge >= 0.3 is 0 Å². The van der Waals surface area contributed by atoms with Crippen LogP contribution in [0.5, 0.6) is 0 Å². The quantitative estimate of drug-likeness (QED) is 0.288. The molecule has 42 heavy (non-hydrogen) atoms. The number of piperidine rings is 1. The molecule has 214 valence electrons. The molecule has 2 saturated heterocycles. The Bertz CT molecular complexity index is 1620. The van der Waals surface area contributed by atoms with Crippen molar-refractivity contribution in [3.63, 3.8) is 0 Å². The van der Waals surface area contributed by atoms with Gasteiger partial charge in [0.2, 0.25) is 5.91 Å². The van der Waals surface area contributed by atoms with E-state index in [1.165, 1.54) is 36.9 Å². The van der Waals surface area contributed by atoms with E-state index >= 15 is 0 Å². The van der Waals surface area contributed by atoms with E-state index in [9.17, 15) is 4.79 Å². The molecule has 5 aliphatic rings. The maximum atomic E-state index is 12.9. The molecule has 3 fully saturated rings. The molecular weight excluding hydrogens is 524 g/mol. The lowest BCUT2D eigenvalue weighted by Crippen LogP contribution is -2.31. The number of aromatic nitrogens is 3. The van der Waals surface area contributed by atoms with Gasteiger partial charge in [0.05, 0.1) is 29.3 Å². The van der Waals surface area contributed by atoms with Crippen LogP contribution in [0.1, 0.15) is 68.5 Å². The molecule has 0 radical (unpaired) electrons. The van der Waals surface area contributed by atoms with Gasteiger partial charge in [0.1, 0.15) is 11.6 Å². The van der Waals surface area contributed by atoms with Crippen LogP contribution in [0.4, 0.5) is 23.0 Å². The molecule has 0 bridgehead atoms. The van der Waals surface area contributed by atoms with Crippen molar-refractivity contribution in [2.75, 3.05) is 40.5 Å². The highest BCUT2D eigenvalue weighted by Crippen LogP contribution is 2.51. The third-order valence-electron chi connectivity index (χ3n) is 9.29. The minimum absolute atomic E-state index is 0.0980. The molecule has 3 aromatic heterocycles.